The van der Waals surface area contributed by atoms with Gasteiger partial charge in [0.1, 0.15) is 11.5 Å². The van der Waals surface area contributed by atoms with E-state index in [-0.39, 0.29) is 64.1 Å². The number of hydrogen-bond donors (Lipinski definition) is 11. The molecule has 23 nitrogen and oxygen atoms in total. The van der Waals surface area contributed by atoms with Crippen LogP contribution in [0, 0.1) is 0 Å². The van der Waals surface area contributed by atoms with Gasteiger partial charge in [-0.15, -0.1) is 0 Å². The van der Waals surface area contributed by atoms with Gasteiger partial charge in [-0.05, 0) is 29.7 Å². The minimum absolute atomic E-state index is 0.00664. The number of carbonyl (C=O) groups is 6. The van der Waals surface area contributed by atoms with Crippen LogP contribution in [0.3, 0.4) is 0 Å². The molecule has 6 radical (unpaired) electrons. The molecule has 1 fully saturated rings. The number of nitrogens with zero attached hydrogens (tertiary/aromatic N) is 5. The summed E-state index contributed by atoms with van der Waals surface area (Å²) in [6.45, 7) is 0.353. The average Bonchev–Trinajstić information content (AvgIpc) is 3.28. The predicted molar refractivity (Wildman–Crippen MR) is 258 cm³/mol. The fraction of sp³-hybridized carbons (Fsp3) is 0.535. The Morgan fingerprint density at radius 1 is 0.725 bits per heavy atom. The molecule has 2 atom stereocenters. The molecule has 1 aliphatic rings. The molecule has 3 amide bonds. The Morgan fingerprint density at radius 2 is 1.26 bits per heavy atom. The van der Waals surface area contributed by atoms with Crippen molar-refractivity contribution in [3.8, 4) is 5.75 Å². The number of hydrogen-bond acceptors (Lipinski definition) is 17. The van der Waals surface area contributed by atoms with Gasteiger partial charge in [-0.1, -0.05) is 42.5 Å². The van der Waals surface area contributed by atoms with Crippen molar-refractivity contribution < 1.29 is 58.6 Å². The molecule has 1 heterocycles. The molecule has 0 aromatic heterocycles. The van der Waals surface area contributed by atoms with Crippen molar-refractivity contribution in [3.63, 3.8) is 0 Å². The smallest absolute Gasteiger partial charge is 0.487 e. The van der Waals surface area contributed by atoms with Gasteiger partial charge in [0.25, 0.3) is 0 Å². The van der Waals surface area contributed by atoms with Gasteiger partial charge in [-0.3, -0.25) is 44.1 Å². The Balaban J connectivity index is 1.42. The predicted octanol–water partition coefficient (Wildman–Crippen LogP) is -1.93. The number of carboxylic acids is 3. The van der Waals surface area contributed by atoms with Gasteiger partial charge in [-0.2, -0.15) is 0 Å². The second kappa shape index (κ2) is 33.9. The Labute approximate surface area is 435 Å². The second-order valence-electron chi connectivity index (χ2n) is 16.3. The standard InChI is InChI=1S/C43H66N11O12P.2Pb/c1-50(2)22-38(56)49-36(16-19-45-21-34(44)27-66-35-14-12-33(13-15-35)43(67(64)65)48-20-32-10-6-5-7-11-32)42(63)47-18-9-4-3-8-17-46-37(55)23-51-28-52(24-39(57)58)30-54(26-41(61)62)31-53(29-51)25-40(59)60;;/h5-7,10-15,21,36,43,45,48,64-65H,1-4,8-9,16-20,22-31,44H2,(H,46,55)(H,47,63)(H,49,56)(H,57,58)(H,59,60)(H,61,62);;/b34-21-;;. The number of benzene rings is 2. The molecule has 2 aromatic carbocycles. The first-order chi connectivity index (χ1) is 33.0. The van der Waals surface area contributed by atoms with E-state index in [2.05, 4.69) is 31.5 Å². The first-order valence-electron chi connectivity index (χ1n) is 22.3. The summed E-state index contributed by atoms with van der Waals surface area (Å²) in [4.78, 5) is 102. The third-order valence-electron chi connectivity index (χ3n) is 10.3. The summed E-state index contributed by atoms with van der Waals surface area (Å²) in [5.41, 5.74) is 8.30. The summed E-state index contributed by atoms with van der Waals surface area (Å²) in [5, 5.41) is 43.1. The summed E-state index contributed by atoms with van der Waals surface area (Å²) in [6, 6.07) is 15.9. The molecule has 1 aliphatic heterocycles. The zero-order valence-corrected chi connectivity index (χ0v) is 47.3. The number of ether oxygens (including phenoxy) is 1. The molecule has 378 valence electrons. The number of unbranched alkanes of at least 4 members (excludes halogenated alkanes) is 3. The van der Waals surface area contributed by atoms with Crippen LogP contribution in [0.25, 0.3) is 0 Å². The third kappa shape index (κ3) is 25.9. The van der Waals surface area contributed by atoms with Crippen molar-refractivity contribution in [3.05, 3.63) is 77.6 Å². The van der Waals surface area contributed by atoms with Crippen molar-refractivity contribution in [1.82, 2.24) is 51.1 Å². The maximum absolute atomic E-state index is 13.3. The molecular weight excluding hydrogens is 1310 g/mol. The summed E-state index contributed by atoms with van der Waals surface area (Å²) in [6.07, 6.45) is 4.71. The van der Waals surface area contributed by atoms with E-state index in [1.165, 1.54) is 14.7 Å². The van der Waals surface area contributed by atoms with Gasteiger partial charge in [0.15, 0.2) is 8.38 Å². The SMILES string of the molecule is N/C(=C\NCCC(NC(=O)CN([CH2][Pb])[CH2][Pb])C(=O)NCCCCCCNC(=O)CN1CN(CC(=O)O)CN(CC(=O)O)CN(CC(=O)O)C1)COc1ccc(C(NCc2ccccc2)P(O)O)cc1. The molecule has 2 aromatic rings. The normalized spacial score (nSPS) is 15.2. The summed E-state index contributed by atoms with van der Waals surface area (Å²) in [7, 11) is -2.29. The molecule has 0 aliphatic carbocycles. The number of nitrogens with one attached hydrogen (secondary N) is 5. The van der Waals surface area contributed by atoms with E-state index in [1.807, 2.05) is 30.3 Å². The fourth-order valence-corrected chi connectivity index (χ4v) is 12.9. The van der Waals surface area contributed by atoms with Crippen molar-refractivity contribution >= 4 is 95.5 Å². The number of carbonyl (C=O) groups excluding carboxylic acids is 3. The molecule has 0 saturated carbocycles. The van der Waals surface area contributed by atoms with Gasteiger partial charge in [0, 0.05) is 13.1 Å². The van der Waals surface area contributed by atoms with Crippen LogP contribution in [-0.2, 0) is 35.3 Å². The summed E-state index contributed by atoms with van der Waals surface area (Å²) in [5.74, 6) is -4.38. The Bertz CT molecular complexity index is 1900. The quantitative estimate of drug-likeness (QED) is 0.0211. The molecule has 3 rings (SSSR count). The molecule has 0 bridgehead atoms. The number of rotatable bonds is 33. The van der Waals surface area contributed by atoms with E-state index in [4.69, 9.17) is 10.5 Å². The minimum atomic E-state index is -2.29. The van der Waals surface area contributed by atoms with Crippen LogP contribution in [0.1, 0.15) is 49.0 Å². The van der Waals surface area contributed by atoms with Crippen LogP contribution in [0.15, 0.2) is 66.5 Å². The first-order valence-corrected chi connectivity index (χ1v) is 29.1. The van der Waals surface area contributed by atoms with Crippen molar-refractivity contribution in [2.24, 2.45) is 5.73 Å². The number of aliphatic carboxylic acids is 3. The van der Waals surface area contributed by atoms with E-state index in [0.717, 1.165) is 78.1 Å². The van der Waals surface area contributed by atoms with Crippen LogP contribution in [0.4, 0.5) is 0 Å². The van der Waals surface area contributed by atoms with Crippen LogP contribution in [0.2, 0.25) is 0 Å². The first kappa shape index (κ1) is 59.7. The molecule has 26 heteroatoms. The van der Waals surface area contributed by atoms with Crippen LogP contribution >= 0.6 is 8.38 Å². The second-order valence-corrected chi connectivity index (χ2v) is 19.9. The van der Waals surface area contributed by atoms with Gasteiger partial charge in [0.05, 0.1) is 52.9 Å². The summed E-state index contributed by atoms with van der Waals surface area (Å²) < 4.78 is 7.53. The zero-order chi connectivity index (χ0) is 50.6. The molecule has 1 saturated heterocycles. The molecule has 12 N–H and O–H groups in total. The molecule has 0 spiro atoms. The molecular formula is C43H66N11O12PPb2. The zero-order valence-electron chi connectivity index (χ0n) is 38.6. The number of amides is 3. The van der Waals surface area contributed by atoms with Gasteiger partial charge in [-0.25, -0.2) is 0 Å². The van der Waals surface area contributed by atoms with Gasteiger partial charge >= 0.3 is 196 Å². The topological polar surface area (TPSA) is 315 Å². The molecule has 69 heavy (non-hydrogen) atoms. The van der Waals surface area contributed by atoms with Crippen molar-refractivity contribution in [2.75, 3.05) is 93.8 Å². The molecule has 2 unspecified atom stereocenters. The minimum Gasteiger partial charge on any atom is -0.487 e. The van der Waals surface area contributed by atoms with E-state index >= 15 is 0 Å². The van der Waals surface area contributed by atoms with Gasteiger partial charge < -0.3 is 35.2 Å². The van der Waals surface area contributed by atoms with E-state index in [9.17, 15) is 53.9 Å². The average molecular weight is 1370 g/mol. The summed E-state index contributed by atoms with van der Waals surface area (Å²) >= 11 is 1.85. The van der Waals surface area contributed by atoms with Gasteiger partial charge in [0.2, 0.25) is 5.91 Å². The Kier molecular flexibility index (Phi) is 29.3. The Morgan fingerprint density at radius 3 is 1.78 bits per heavy atom. The maximum atomic E-state index is 13.3. The van der Waals surface area contributed by atoms with E-state index in [1.54, 1.807) is 35.4 Å². The van der Waals surface area contributed by atoms with Crippen molar-refractivity contribution in [1.29, 1.82) is 0 Å². The van der Waals surface area contributed by atoms with Crippen LogP contribution < -0.4 is 37.1 Å². The number of nitrogens with two attached hydrogens (primary N) is 1. The van der Waals surface area contributed by atoms with E-state index < -0.39 is 57.7 Å². The Hall–Kier alpha value is -3.65. The number of carboxylic acid groups (broad SMARTS) is 3. The van der Waals surface area contributed by atoms with Crippen LogP contribution in [0.5, 0.6) is 5.75 Å². The third-order valence-corrected chi connectivity index (χ3v) is 14.7. The monoisotopic (exact) mass is 1380 g/mol. The van der Waals surface area contributed by atoms with Crippen LogP contribution in [-0.4, -0.2) is 237 Å². The van der Waals surface area contributed by atoms with E-state index in [0.29, 0.717) is 62.5 Å². The fourth-order valence-electron chi connectivity index (χ4n) is 7.12. The van der Waals surface area contributed by atoms with Crippen molar-refractivity contribution in [2.45, 2.75) is 50.5 Å².